The fraction of sp³-hybridized carbons (Fsp3) is 0.170. The zero-order valence-electron chi connectivity index (χ0n) is 36.2. The summed E-state index contributed by atoms with van der Waals surface area (Å²) in [6, 6.07) is 8.89. The lowest BCUT2D eigenvalue weighted by Crippen LogP contribution is -2.63. The van der Waals surface area contributed by atoms with E-state index >= 15 is 4.79 Å². The largest absolute Gasteiger partial charge is 0.504 e. The van der Waals surface area contributed by atoms with E-state index in [4.69, 9.17) is 28.4 Å². The number of aromatic hydroxyl groups is 12. The Kier molecular flexibility index (Phi) is 10.8. The molecule has 3 aliphatic heterocycles. The molecule has 1 aliphatic carbocycles. The Balaban J connectivity index is 1.22. The van der Waals surface area contributed by atoms with Crippen LogP contribution in [-0.4, -0.2) is 144 Å². The average Bonchev–Trinajstić information content (AvgIpc) is 3.36. The number of phenols is 12. The summed E-state index contributed by atoms with van der Waals surface area (Å²) in [5, 5.41) is 141. The molecule has 7 atom stereocenters. The number of cyclic esters (lactones) is 1. The molecular weight excluding hydrogens is 977 g/mol. The summed E-state index contributed by atoms with van der Waals surface area (Å²) in [7, 11) is 0. The summed E-state index contributed by atoms with van der Waals surface area (Å²) in [5.41, 5.74) is -7.42. The van der Waals surface area contributed by atoms with Crippen LogP contribution in [0.5, 0.6) is 69.0 Å². The fourth-order valence-electron chi connectivity index (χ4n) is 8.88. The Labute approximate surface area is 403 Å². The van der Waals surface area contributed by atoms with Crippen molar-refractivity contribution in [3.8, 4) is 80.1 Å². The standard InChI is InChI=1S/C47H32N2O24/c50-20-5-12(6-21(51)31(20)55)42(63)73-47-41-40-39(25(69-47)11-68-43(64)14-8-22(52)32(56)36(60)27(14)29-16(45(66)71-40)10-24(54)34(58)38(29)62)70-44(65)13-7-19-30(49-18-4-2-1-3-17(18)48-19)35(59)26(13)28-15(46(67)72-41)9-23(53)33(57)37(28)61/h1-10,25-26,35,39-41,47,50-62H,11H2/t25-,26+,35?,39-,40-,41-,47+/m1/s1. The monoisotopic (exact) mass is 1010 g/mol. The van der Waals surface area contributed by atoms with Crippen molar-refractivity contribution in [3.05, 3.63) is 99.4 Å². The highest BCUT2D eigenvalue weighted by molar-refractivity contribution is 6.08. The number of rotatable bonds is 2. The van der Waals surface area contributed by atoms with E-state index in [9.17, 15) is 85.6 Å². The Morgan fingerprint density at radius 2 is 1.07 bits per heavy atom. The molecule has 13 N–H and O–H groups in total. The first kappa shape index (κ1) is 46.8. The molecule has 4 heterocycles. The van der Waals surface area contributed by atoms with Crippen LogP contribution in [-0.2, 0) is 33.2 Å². The van der Waals surface area contributed by atoms with E-state index in [1.165, 1.54) is 12.1 Å². The molecule has 6 aromatic rings. The highest BCUT2D eigenvalue weighted by Crippen LogP contribution is 2.55. The first-order chi connectivity index (χ1) is 34.6. The highest BCUT2D eigenvalue weighted by Gasteiger charge is 2.57. The summed E-state index contributed by atoms with van der Waals surface area (Å²) in [5.74, 6) is -25.4. The van der Waals surface area contributed by atoms with Gasteiger partial charge in [0, 0.05) is 16.7 Å². The number of nitrogens with zero attached hydrogens (tertiary/aromatic N) is 2. The van der Waals surface area contributed by atoms with Crippen LogP contribution >= 0.6 is 0 Å². The van der Waals surface area contributed by atoms with Crippen LogP contribution < -0.4 is 0 Å². The van der Waals surface area contributed by atoms with Crippen LogP contribution in [0, 0.1) is 0 Å². The Morgan fingerprint density at radius 3 is 1.68 bits per heavy atom. The van der Waals surface area contributed by atoms with Crippen molar-refractivity contribution in [2.24, 2.45) is 0 Å². The number of aliphatic hydroxyl groups excluding tert-OH is 1. The van der Waals surface area contributed by atoms with E-state index in [0.29, 0.717) is 30.3 Å². The molecule has 26 heteroatoms. The number of aromatic nitrogens is 2. The molecule has 4 bridgehead atoms. The van der Waals surface area contributed by atoms with Crippen molar-refractivity contribution in [1.29, 1.82) is 0 Å². The smallest absolute Gasteiger partial charge is 0.340 e. The van der Waals surface area contributed by atoms with Crippen LogP contribution in [0.1, 0.15) is 70.4 Å². The van der Waals surface area contributed by atoms with Crippen molar-refractivity contribution in [3.63, 3.8) is 0 Å². The topological polar surface area (TPSA) is 430 Å². The molecule has 26 nitrogen and oxygen atoms in total. The lowest BCUT2D eigenvalue weighted by atomic mass is 9.77. The number of fused-ring (bicyclic) bond motifs is 8. The number of para-hydroxylation sites is 2. The predicted octanol–water partition coefficient (Wildman–Crippen LogP) is 2.41. The van der Waals surface area contributed by atoms with Crippen molar-refractivity contribution in [1.82, 2.24) is 9.97 Å². The van der Waals surface area contributed by atoms with Gasteiger partial charge in [0.1, 0.15) is 18.8 Å². The van der Waals surface area contributed by atoms with Gasteiger partial charge < -0.3 is 94.8 Å². The second kappa shape index (κ2) is 16.9. The van der Waals surface area contributed by atoms with Gasteiger partial charge in [0.25, 0.3) is 0 Å². The molecule has 4 aliphatic rings. The summed E-state index contributed by atoms with van der Waals surface area (Å²) in [4.78, 5) is 81.7. The number of aliphatic hydroxyl groups is 1. The molecule has 73 heavy (non-hydrogen) atoms. The number of carbonyl (C=O) groups excluding carboxylic acids is 5. The van der Waals surface area contributed by atoms with Gasteiger partial charge in [0.05, 0.1) is 56.2 Å². The molecule has 1 aromatic heterocycles. The molecule has 0 saturated carbocycles. The van der Waals surface area contributed by atoms with E-state index in [-0.39, 0.29) is 22.4 Å². The average molecular weight is 1010 g/mol. The Bertz CT molecular complexity index is 3480. The van der Waals surface area contributed by atoms with Gasteiger partial charge in [0.15, 0.2) is 64.0 Å². The summed E-state index contributed by atoms with van der Waals surface area (Å²) in [6.07, 6.45) is -13.0. The van der Waals surface area contributed by atoms with Gasteiger partial charge in [-0.1, -0.05) is 12.1 Å². The van der Waals surface area contributed by atoms with Gasteiger partial charge in [-0.25, -0.2) is 33.9 Å². The summed E-state index contributed by atoms with van der Waals surface area (Å²) < 4.78 is 34.8. The van der Waals surface area contributed by atoms with E-state index < -0.39 is 193 Å². The van der Waals surface area contributed by atoms with Gasteiger partial charge in [0.2, 0.25) is 29.6 Å². The van der Waals surface area contributed by atoms with Gasteiger partial charge in [-0.3, -0.25) is 0 Å². The lowest BCUT2D eigenvalue weighted by Gasteiger charge is -2.44. The molecule has 374 valence electrons. The third-order valence-corrected chi connectivity index (χ3v) is 12.3. The van der Waals surface area contributed by atoms with Crippen LogP contribution in [0.3, 0.4) is 0 Å². The zero-order chi connectivity index (χ0) is 52.2. The first-order valence-electron chi connectivity index (χ1n) is 21.1. The molecule has 10 rings (SSSR count). The SMILES string of the molecule is O=C1O[C@H]2[C@H]3OC(=O)c4cc(O)c(O)c(O)c4-c4c(cc(O)c(O)c4O)C(=O)OC[C@H]2O[C@@H](OC(=O)c2cc(O)c(O)c(O)c2)[C@@H]3OC(=O)c2cc(O)c(O)c(O)c2[C@@H]2C1=Cc1nc3ccccc3nc1C2O. The number of benzene rings is 5. The van der Waals surface area contributed by atoms with E-state index in [1.54, 1.807) is 12.1 Å². The Morgan fingerprint density at radius 1 is 0.562 bits per heavy atom. The van der Waals surface area contributed by atoms with Gasteiger partial charge >= 0.3 is 29.8 Å². The van der Waals surface area contributed by atoms with Crippen molar-refractivity contribution < 1.29 is 119 Å². The zero-order valence-corrected chi connectivity index (χ0v) is 36.2. The number of ether oxygens (including phenoxy) is 6. The first-order valence-corrected chi connectivity index (χ1v) is 21.1. The molecule has 1 saturated heterocycles. The number of esters is 5. The predicted molar refractivity (Wildman–Crippen MR) is 233 cm³/mol. The van der Waals surface area contributed by atoms with Gasteiger partial charge in [-0.2, -0.15) is 0 Å². The van der Waals surface area contributed by atoms with Crippen LogP contribution in [0.25, 0.3) is 28.2 Å². The van der Waals surface area contributed by atoms with Crippen molar-refractivity contribution in [2.75, 3.05) is 6.61 Å². The molecule has 5 aromatic carbocycles. The number of hydrogen-bond donors (Lipinski definition) is 13. The number of phenolic OH excluding ortho intramolecular Hbond substituents is 12. The minimum absolute atomic E-state index is 0.182. The maximum absolute atomic E-state index is 15.0. The molecule has 1 unspecified atom stereocenters. The van der Waals surface area contributed by atoms with Gasteiger partial charge in [-0.05, 0) is 48.5 Å². The number of carbonyl (C=O) groups is 5. The second-order valence-corrected chi connectivity index (χ2v) is 16.6. The molecule has 0 radical (unpaired) electrons. The highest BCUT2D eigenvalue weighted by atomic mass is 16.7. The van der Waals surface area contributed by atoms with Crippen molar-refractivity contribution in [2.45, 2.75) is 42.7 Å². The normalized spacial score (nSPS) is 22.3. The minimum Gasteiger partial charge on any atom is -0.504 e. The minimum atomic E-state index is -2.52. The second-order valence-electron chi connectivity index (χ2n) is 16.6. The summed E-state index contributed by atoms with van der Waals surface area (Å²) >= 11 is 0. The third-order valence-electron chi connectivity index (χ3n) is 12.3. The van der Waals surface area contributed by atoms with Crippen LogP contribution in [0.2, 0.25) is 0 Å². The Hall–Kier alpha value is -9.95. The molecule has 1 fully saturated rings. The van der Waals surface area contributed by atoms with E-state index in [0.717, 1.165) is 6.08 Å². The maximum atomic E-state index is 15.0. The molecule has 0 spiro atoms. The summed E-state index contributed by atoms with van der Waals surface area (Å²) in [6.45, 7) is -1.23. The van der Waals surface area contributed by atoms with Crippen molar-refractivity contribution >= 4 is 47.0 Å². The van der Waals surface area contributed by atoms with Crippen LogP contribution in [0.15, 0.2) is 60.2 Å². The molecular formula is C47H32N2O24. The number of hydrogen-bond acceptors (Lipinski definition) is 26. The third kappa shape index (κ3) is 7.39. The fourth-order valence-corrected chi connectivity index (χ4v) is 8.88. The quantitative estimate of drug-likeness (QED) is 0.0673. The van der Waals surface area contributed by atoms with Crippen LogP contribution in [0.4, 0.5) is 0 Å². The van der Waals surface area contributed by atoms with E-state index in [1.807, 2.05) is 0 Å². The molecule has 0 amide bonds. The van der Waals surface area contributed by atoms with Gasteiger partial charge in [-0.15, -0.1) is 0 Å². The lowest BCUT2D eigenvalue weighted by molar-refractivity contribution is -0.286. The van der Waals surface area contributed by atoms with E-state index in [2.05, 4.69) is 9.97 Å². The maximum Gasteiger partial charge on any atom is 0.340 e.